The van der Waals surface area contributed by atoms with E-state index in [1.165, 1.54) is 0 Å². The van der Waals surface area contributed by atoms with Crippen LogP contribution in [0, 0.1) is 11.3 Å². The number of hydrogen-bond acceptors (Lipinski definition) is 2. The first-order valence-electron chi connectivity index (χ1n) is 5.24. The van der Waals surface area contributed by atoms with Crippen LogP contribution in [-0.4, -0.2) is 10.1 Å². The molecule has 1 aliphatic carbocycles. The van der Waals surface area contributed by atoms with Crippen molar-refractivity contribution in [3.63, 3.8) is 0 Å². The average molecular weight is 288 g/mol. The Bertz CT molecular complexity index is 539. The maximum Gasteiger partial charge on any atom is 0.192 e. The van der Waals surface area contributed by atoms with E-state index < -0.39 is 4.32 Å². The number of ketones is 1. The smallest absolute Gasteiger partial charge is 0.192 e. The Kier molecular flexibility index (Phi) is 3.26. The van der Waals surface area contributed by atoms with Crippen LogP contribution in [-0.2, 0) is 0 Å². The first kappa shape index (κ1) is 11.8. The van der Waals surface area contributed by atoms with Crippen molar-refractivity contribution in [1.82, 2.24) is 0 Å². The molecule has 3 heteroatoms. The number of alkyl halides is 1. The predicted octanol–water partition coefficient (Wildman–Crippen LogP) is 3.41. The Morgan fingerprint density at radius 3 is 2.59 bits per heavy atom. The van der Waals surface area contributed by atoms with Gasteiger partial charge in [-0.25, -0.2) is 0 Å². The van der Waals surface area contributed by atoms with E-state index in [2.05, 4.69) is 22.0 Å². The molecule has 0 aromatic heterocycles. The van der Waals surface area contributed by atoms with E-state index in [-0.39, 0.29) is 5.78 Å². The molecule has 0 saturated carbocycles. The summed E-state index contributed by atoms with van der Waals surface area (Å²) in [5, 5.41) is 8.93. The van der Waals surface area contributed by atoms with Gasteiger partial charge in [0.05, 0.1) is 6.07 Å². The number of Topliss-reactive ketones (excluding diaryl/α,β-unsaturated/α-hetero) is 1. The molecule has 1 aromatic carbocycles. The summed E-state index contributed by atoms with van der Waals surface area (Å²) in [6.45, 7) is 0. The van der Waals surface area contributed by atoms with Crippen molar-refractivity contribution in [1.29, 1.82) is 5.26 Å². The van der Waals surface area contributed by atoms with Crippen LogP contribution >= 0.6 is 15.9 Å². The third-order valence-electron chi connectivity index (χ3n) is 2.63. The highest BCUT2D eigenvalue weighted by Crippen LogP contribution is 2.29. The molecule has 1 unspecified atom stereocenters. The van der Waals surface area contributed by atoms with E-state index in [0.29, 0.717) is 17.6 Å². The Labute approximate surface area is 108 Å². The summed E-state index contributed by atoms with van der Waals surface area (Å²) in [5.74, 6) is -0.00524. The Morgan fingerprint density at radius 1 is 1.35 bits per heavy atom. The van der Waals surface area contributed by atoms with Crippen LogP contribution < -0.4 is 0 Å². The van der Waals surface area contributed by atoms with Gasteiger partial charge in [0.15, 0.2) is 5.78 Å². The number of hydrogen-bond donors (Lipinski definition) is 0. The number of nitriles is 1. The summed E-state index contributed by atoms with van der Waals surface area (Å²) in [5.41, 5.74) is 1.31. The minimum absolute atomic E-state index is 0.00524. The third kappa shape index (κ3) is 2.54. The quantitative estimate of drug-likeness (QED) is 0.618. The van der Waals surface area contributed by atoms with Crippen molar-refractivity contribution in [2.24, 2.45) is 0 Å². The lowest BCUT2D eigenvalue weighted by atomic mass is 9.93. The number of halogens is 1. The summed E-state index contributed by atoms with van der Waals surface area (Å²) < 4.78 is -0.659. The molecule has 0 saturated heterocycles. The predicted molar refractivity (Wildman–Crippen MR) is 69.9 cm³/mol. The number of benzene rings is 1. The first-order chi connectivity index (χ1) is 8.14. The van der Waals surface area contributed by atoms with Crippen molar-refractivity contribution in [3.8, 4) is 6.07 Å². The molecule has 0 bridgehead atoms. The van der Waals surface area contributed by atoms with Gasteiger partial charge in [-0.15, -0.1) is 0 Å². The Balaban J connectivity index is 2.21. The Morgan fingerprint density at radius 2 is 2.06 bits per heavy atom. The van der Waals surface area contributed by atoms with E-state index in [1.807, 2.05) is 18.2 Å². The van der Waals surface area contributed by atoms with E-state index in [4.69, 9.17) is 5.26 Å². The zero-order valence-electron chi connectivity index (χ0n) is 9.06. The molecule has 0 N–H and O–H groups in total. The van der Waals surface area contributed by atoms with Crippen LogP contribution in [0.4, 0.5) is 0 Å². The van der Waals surface area contributed by atoms with Gasteiger partial charge >= 0.3 is 0 Å². The minimum atomic E-state index is -0.659. The third-order valence-corrected chi connectivity index (χ3v) is 3.40. The molecule has 84 valence electrons. The van der Waals surface area contributed by atoms with Gasteiger partial charge in [-0.2, -0.15) is 5.26 Å². The van der Waals surface area contributed by atoms with Crippen LogP contribution in [0.5, 0.6) is 0 Å². The number of carbonyl (C=O) groups is 1. The van der Waals surface area contributed by atoms with Gasteiger partial charge in [-0.1, -0.05) is 64.5 Å². The molecule has 1 aromatic rings. The standard InChI is InChI=1S/C14H10BrNO/c15-14(10-16)8-6-12(7-9-14)13(17)11-4-2-1-3-5-11/h1-8H,9H2. The monoisotopic (exact) mass is 287 g/mol. The summed E-state index contributed by atoms with van der Waals surface area (Å²) in [6, 6.07) is 11.3. The molecule has 1 aliphatic rings. The lowest BCUT2D eigenvalue weighted by Crippen LogP contribution is -2.17. The van der Waals surface area contributed by atoms with Gasteiger partial charge < -0.3 is 0 Å². The maximum atomic E-state index is 12.1. The number of allylic oxidation sites excluding steroid dienone is 4. The zero-order chi connectivity index (χ0) is 12.3. The van der Waals surface area contributed by atoms with Gasteiger partial charge in [-0.3, -0.25) is 4.79 Å². The SMILES string of the molecule is N#CC1(Br)C=CC(C(=O)c2ccccc2)=CC1. The average Bonchev–Trinajstić information content (AvgIpc) is 2.40. The van der Waals surface area contributed by atoms with E-state index >= 15 is 0 Å². The molecule has 0 amide bonds. The molecule has 17 heavy (non-hydrogen) atoms. The van der Waals surface area contributed by atoms with Gasteiger partial charge in [0.1, 0.15) is 4.32 Å². The zero-order valence-corrected chi connectivity index (χ0v) is 10.6. The molecular formula is C14H10BrNO. The number of rotatable bonds is 2. The highest BCUT2D eigenvalue weighted by atomic mass is 79.9. The molecule has 0 radical (unpaired) electrons. The van der Waals surface area contributed by atoms with E-state index in [9.17, 15) is 4.79 Å². The van der Waals surface area contributed by atoms with Gasteiger partial charge in [0, 0.05) is 11.1 Å². The second-order valence-electron chi connectivity index (χ2n) is 3.87. The molecule has 0 fully saturated rings. The summed E-state index contributed by atoms with van der Waals surface area (Å²) in [7, 11) is 0. The minimum Gasteiger partial charge on any atom is -0.289 e. The molecule has 0 aliphatic heterocycles. The topological polar surface area (TPSA) is 40.9 Å². The normalized spacial score (nSPS) is 22.7. The molecular weight excluding hydrogens is 278 g/mol. The molecule has 2 nitrogen and oxygen atoms in total. The molecule has 1 atom stereocenters. The van der Waals surface area contributed by atoms with E-state index in [0.717, 1.165) is 0 Å². The van der Waals surface area contributed by atoms with Crippen molar-refractivity contribution >= 4 is 21.7 Å². The maximum absolute atomic E-state index is 12.1. The highest BCUT2D eigenvalue weighted by Gasteiger charge is 2.25. The second-order valence-corrected chi connectivity index (χ2v) is 5.28. The highest BCUT2D eigenvalue weighted by molar-refractivity contribution is 9.10. The van der Waals surface area contributed by atoms with Crippen LogP contribution in [0.3, 0.4) is 0 Å². The summed E-state index contributed by atoms with van der Waals surface area (Å²) >= 11 is 3.32. The van der Waals surface area contributed by atoms with Gasteiger partial charge in [0.25, 0.3) is 0 Å². The first-order valence-corrected chi connectivity index (χ1v) is 6.03. The summed E-state index contributed by atoms with van der Waals surface area (Å²) in [6.07, 6.45) is 5.74. The van der Waals surface area contributed by atoms with E-state index in [1.54, 1.807) is 30.4 Å². The van der Waals surface area contributed by atoms with Gasteiger partial charge in [-0.05, 0) is 6.42 Å². The van der Waals surface area contributed by atoms with Crippen molar-refractivity contribution < 1.29 is 4.79 Å². The largest absolute Gasteiger partial charge is 0.289 e. The second kappa shape index (κ2) is 4.68. The fourth-order valence-electron chi connectivity index (χ4n) is 1.62. The number of nitrogens with zero attached hydrogens (tertiary/aromatic N) is 1. The lowest BCUT2D eigenvalue weighted by Gasteiger charge is -2.17. The van der Waals surface area contributed by atoms with Crippen molar-refractivity contribution in [3.05, 3.63) is 59.7 Å². The number of carbonyl (C=O) groups excluding carboxylic acids is 1. The molecule has 2 rings (SSSR count). The van der Waals surface area contributed by atoms with Crippen LogP contribution in [0.25, 0.3) is 0 Å². The van der Waals surface area contributed by atoms with Crippen molar-refractivity contribution in [2.45, 2.75) is 10.7 Å². The van der Waals surface area contributed by atoms with Crippen LogP contribution in [0.1, 0.15) is 16.8 Å². The van der Waals surface area contributed by atoms with Gasteiger partial charge in [0.2, 0.25) is 0 Å². The lowest BCUT2D eigenvalue weighted by molar-refractivity contribution is 0.103. The summed E-state index contributed by atoms with van der Waals surface area (Å²) in [4.78, 5) is 12.1. The van der Waals surface area contributed by atoms with Crippen LogP contribution in [0.15, 0.2) is 54.1 Å². The fraction of sp³-hybridized carbons (Fsp3) is 0.143. The molecule has 0 spiro atoms. The van der Waals surface area contributed by atoms with Crippen molar-refractivity contribution in [2.75, 3.05) is 0 Å². The molecule has 0 heterocycles. The Hall–Kier alpha value is -1.66. The fourth-order valence-corrected chi connectivity index (χ4v) is 1.92. The van der Waals surface area contributed by atoms with Crippen LogP contribution in [0.2, 0.25) is 0 Å².